The Morgan fingerprint density at radius 2 is 2.17 bits per heavy atom. The largest absolute Gasteiger partial charge is 0.390 e. The van der Waals surface area contributed by atoms with Crippen LogP contribution in [-0.4, -0.2) is 26.8 Å². The molecule has 0 spiro atoms. The second-order valence-corrected chi connectivity index (χ2v) is 7.23. The number of amides is 1. The van der Waals surface area contributed by atoms with E-state index >= 15 is 0 Å². The zero-order valence-corrected chi connectivity index (χ0v) is 14.4. The quantitative estimate of drug-likeness (QED) is 0.752. The summed E-state index contributed by atoms with van der Waals surface area (Å²) in [6.45, 7) is 5.40. The van der Waals surface area contributed by atoms with Crippen LogP contribution in [0.3, 0.4) is 0 Å². The van der Waals surface area contributed by atoms with Gasteiger partial charge >= 0.3 is 0 Å². The van der Waals surface area contributed by atoms with E-state index in [9.17, 15) is 9.90 Å². The highest BCUT2D eigenvalue weighted by atomic mass is 32.1. The van der Waals surface area contributed by atoms with Crippen molar-refractivity contribution in [1.29, 1.82) is 0 Å². The zero-order valence-electron chi connectivity index (χ0n) is 13.5. The van der Waals surface area contributed by atoms with Crippen molar-refractivity contribution in [3.8, 4) is 0 Å². The topological polar surface area (TPSA) is 101 Å². The van der Waals surface area contributed by atoms with Crippen molar-refractivity contribution >= 4 is 22.4 Å². The third-order valence-corrected chi connectivity index (χ3v) is 4.32. The van der Waals surface area contributed by atoms with Crippen molar-refractivity contribution in [3.63, 3.8) is 0 Å². The summed E-state index contributed by atoms with van der Waals surface area (Å²) in [6.07, 6.45) is 1.35. The summed E-state index contributed by atoms with van der Waals surface area (Å²) in [4.78, 5) is 12.4. The highest BCUT2D eigenvalue weighted by Crippen LogP contribution is 2.20. The molecule has 7 heteroatoms. The molecule has 0 saturated heterocycles. The zero-order chi connectivity index (χ0) is 17.0. The molecule has 1 aromatic carbocycles. The summed E-state index contributed by atoms with van der Waals surface area (Å²) in [6, 6.07) is 7.17. The van der Waals surface area contributed by atoms with E-state index in [2.05, 4.69) is 15.5 Å². The summed E-state index contributed by atoms with van der Waals surface area (Å²) >= 11 is 1.26. The van der Waals surface area contributed by atoms with E-state index in [4.69, 9.17) is 5.73 Å². The Hall–Kier alpha value is -1.99. The van der Waals surface area contributed by atoms with Gasteiger partial charge in [-0.15, -0.1) is 10.2 Å². The van der Waals surface area contributed by atoms with E-state index in [0.717, 1.165) is 5.56 Å². The summed E-state index contributed by atoms with van der Waals surface area (Å²) in [5, 5.41) is 21.4. The van der Waals surface area contributed by atoms with Gasteiger partial charge in [-0.25, -0.2) is 0 Å². The Labute approximate surface area is 139 Å². The van der Waals surface area contributed by atoms with Crippen LogP contribution in [0.2, 0.25) is 0 Å². The summed E-state index contributed by atoms with van der Waals surface area (Å²) in [7, 11) is 0. The predicted octanol–water partition coefficient (Wildman–Crippen LogP) is 2.31. The average molecular weight is 334 g/mol. The number of nitrogen functional groups attached to an aromatic ring is 1. The van der Waals surface area contributed by atoms with Crippen LogP contribution in [0.1, 0.15) is 54.2 Å². The number of aromatic nitrogens is 2. The molecule has 4 N–H and O–H groups in total. The molecule has 124 valence electrons. The minimum atomic E-state index is -0.718. The van der Waals surface area contributed by atoms with Gasteiger partial charge in [-0.05, 0) is 51.3 Å². The summed E-state index contributed by atoms with van der Waals surface area (Å²) in [5.74, 6) is -0.170. The fraction of sp³-hybridized carbons (Fsp3) is 0.438. The van der Waals surface area contributed by atoms with Gasteiger partial charge in [0.2, 0.25) is 5.13 Å². The average Bonchev–Trinajstić information content (AvgIpc) is 2.91. The molecule has 1 heterocycles. The lowest BCUT2D eigenvalue weighted by Crippen LogP contribution is -2.26. The minimum absolute atomic E-state index is 0.170. The Balaban J connectivity index is 2.02. The first-order chi connectivity index (χ1) is 10.7. The number of nitrogens with zero attached hydrogens (tertiary/aromatic N) is 2. The van der Waals surface area contributed by atoms with Gasteiger partial charge in [0.05, 0.1) is 11.6 Å². The third-order valence-electron chi connectivity index (χ3n) is 3.39. The van der Waals surface area contributed by atoms with Crippen LogP contribution in [0.5, 0.6) is 0 Å². The van der Waals surface area contributed by atoms with Crippen LogP contribution in [0.25, 0.3) is 0 Å². The smallest absolute Gasteiger partial charge is 0.251 e. The van der Waals surface area contributed by atoms with E-state index < -0.39 is 5.60 Å². The van der Waals surface area contributed by atoms with Gasteiger partial charge in [0, 0.05) is 5.56 Å². The number of aryl methyl sites for hydroxylation is 1. The first-order valence-corrected chi connectivity index (χ1v) is 8.27. The second-order valence-electron chi connectivity index (χ2n) is 6.19. The monoisotopic (exact) mass is 334 g/mol. The van der Waals surface area contributed by atoms with Gasteiger partial charge in [-0.1, -0.05) is 23.5 Å². The minimum Gasteiger partial charge on any atom is -0.390 e. The molecular weight excluding hydrogens is 312 g/mol. The molecule has 0 fully saturated rings. The molecular formula is C16H22N4O2S. The van der Waals surface area contributed by atoms with Crippen LogP contribution < -0.4 is 11.1 Å². The Morgan fingerprint density at radius 1 is 1.43 bits per heavy atom. The molecule has 1 amide bonds. The predicted molar refractivity (Wildman–Crippen MR) is 91.3 cm³/mol. The Bertz CT molecular complexity index is 679. The van der Waals surface area contributed by atoms with E-state index in [1.165, 1.54) is 11.3 Å². The number of aliphatic hydroxyl groups is 1. The van der Waals surface area contributed by atoms with Gasteiger partial charge < -0.3 is 16.2 Å². The van der Waals surface area contributed by atoms with Crippen LogP contribution in [0.4, 0.5) is 5.13 Å². The van der Waals surface area contributed by atoms with E-state index in [0.29, 0.717) is 28.5 Å². The number of benzene rings is 1. The van der Waals surface area contributed by atoms with Crippen LogP contribution >= 0.6 is 11.3 Å². The number of nitrogens with two attached hydrogens (primary N) is 1. The van der Waals surface area contributed by atoms with Crippen LogP contribution in [0.15, 0.2) is 24.3 Å². The molecule has 6 nitrogen and oxygen atoms in total. The number of carbonyl (C=O) groups excluding carboxylic acids is 1. The van der Waals surface area contributed by atoms with Crippen LogP contribution in [0, 0.1) is 0 Å². The molecule has 2 rings (SSSR count). The van der Waals surface area contributed by atoms with Crippen molar-refractivity contribution in [2.45, 2.75) is 45.3 Å². The van der Waals surface area contributed by atoms with Crippen molar-refractivity contribution in [1.82, 2.24) is 15.5 Å². The highest BCUT2D eigenvalue weighted by Gasteiger charge is 2.16. The molecule has 0 unspecified atom stereocenters. The lowest BCUT2D eigenvalue weighted by atomic mass is 9.98. The molecule has 0 aliphatic heterocycles. The number of rotatable bonds is 6. The van der Waals surface area contributed by atoms with Crippen molar-refractivity contribution < 1.29 is 9.90 Å². The molecule has 0 bridgehead atoms. The lowest BCUT2D eigenvalue weighted by Gasteiger charge is -2.17. The maximum Gasteiger partial charge on any atom is 0.251 e. The molecule has 0 aliphatic carbocycles. The number of anilines is 1. The molecule has 23 heavy (non-hydrogen) atoms. The standard InChI is InChI=1S/C16H22N4O2S/c1-10(14-19-20-15(17)23-14)18-13(21)12-6-4-5-11(9-12)7-8-16(2,3)22/h4-6,9-10,22H,7-8H2,1-3H3,(H2,17,20)(H,18,21)/t10-/m0/s1. The fourth-order valence-corrected chi connectivity index (χ4v) is 2.69. The Morgan fingerprint density at radius 3 is 2.78 bits per heavy atom. The number of nitrogens with one attached hydrogen (secondary N) is 1. The van der Waals surface area contributed by atoms with Gasteiger partial charge in [0.15, 0.2) is 0 Å². The van der Waals surface area contributed by atoms with Crippen molar-refractivity contribution in [2.24, 2.45) is 0 Å². The van der Waals surface area contributed by atoms with Gasteiger partial charge in [-0.2, -0.15) is 0 Å². The Kier molecular flexibility index (Phi) is 5.33. The van der Waals surface area contributed by atoms with Gasteiger partial charge in [0.1, 0.15) is 5.01 Å². The molecule has 0 saturated carbocycles. The van der Waals surface area contributed by atoms with Crippen LogP contribution in [-0.2, 0) is 6.42 Å². The lowest BCUT2D eigenvalue weighted by molar-refractivity contribution is 0.0714. The maximum atomic E-state index is 12.4. The van der Waals surface area contributed by atoms with Gasteiger partial charge in [0.25, 0.3) is 5.91 Å². The first kappa shape index (κ1) is 17.4. The van der Waals surface area contributed by atoms with E-state index in [1.54, 1.807) is 19.9 Å². The molecule has 2 aromatic rings. The van der Waals surface area contributed by atoms with Crippen molar-refractivity contribution in [3.05, 3.63) is 40.4 Å². The van der Waals surface area contributed by atoms with E-state index in [1.807, 2.05) is 25.1 Å². The third kappa shape index (κ3) is 5.30. The maximum absolute atomic E-state index is 12.4. The van der Waals surface area contributed by atoms with Crippen molar-refractivity contribution in [2.75, 3.05) is 5.73 Å². The molecule has 1 aromatic heterocycles. The summed E-state index contributed by atoms with van der Waals surface area (Å²) < 4.78 is 0. The summed E-state index contributed by atoms with van der Waals surface area (Å²) in [5.41, 5.74) is 6.45. The number of hydrogen-bond donors (Lipinski definition) is 3. The molecule has 0 radical (unpaired) electrons. The second kappa shape index (κ2) is 7.06. The number of carbonyl (C=O) groups is 1. The molecule has 0 aliphatic rings. The van der Waals surface area contributed by atoms with E-state index in [-0.39, 0.29) is 11.9 Å². The number of hydrogen-bond acceptors (Lipinski definition) is 6. The SMILES string of the molecule is C[C@H](NC(=O)c1cccc(CCC(C)(C)O)c1)c1nnc(N)s1. The first-order valence-electron chi connectivity index (χ1n) is 7.46. The highest BCUT2D eigenvalue weighted by molar-refractivity contribution is 7.15. The molecule has 1 atom stereocenters. The normalized spacial score (nSPS) is 12.9. The van der Waals surface area contributed by atoms with Gasteiger partial charge in [-0.3, -0.25) is 4.79 Å². The fourth-order valence-electron chi connectivity index (χ4n) is 2.08.